The van der Waals surface area contributed by atoms with Crippen molar-refractivity contribution in [1.82, 2.24) is 89.7 Å². The quantitative estimate of drug-likeness (QED) is 0.220. The van der Waals surface area contributed by atoms with Crippen LogP contribution in [0.3, 0.4) is 0 Å². The van der Waals surface area contributed by atoms with Crippen molar-refractivity contribution in [2.24, 2.45) is 0 Å². The lowest BCUT2D eigenvalue weighted by molar-refractivity contribution is 1.10. The number of nitrogens with zero attached hydrogens (tertiary/aromatic N) is 18. The Kier molecular flexibility index (Phi) is 7.24. The Morgan fingerprint density at radius 1 is 0.259 bits per heavy atom. The molecule has 0 saturated heterocycles. The molecule has 18 nitrogen and oxygen atoms in total. The lowest BCUT2D eigenvalue weighted by Crippen LogP contribution is -2.06. The molecule has 18 heteroatoms. The Balaban J connectivity index is 1.50. The predicted molar refractivity (Wildman–Crippen MR) is 192 cm³/mol. The highest BCUT2D eigenvalue weighted by Crippen LogP contribution is 2.44. The topological polar surface area (TPSA) is 232 Å². The van der Waals surface area contributed by atoms with Crippen LogP contribution < -0.4 is 0 Å². The normalized spacial score (nSPS) is 11.3. The molecule has 10 aromatic rings. The van der Waals surface area contributed by atoms with Crippen LogP contribution in [0.25, 0.3) is 101 Å². The van der Waals surface area contributed by atoms with E-state index in [1.807, 2.05) is 0 Å². The van der Waals surface area contributed by atoms with Gasteiger partial charge < -0.3 is 0 Å². The van der Waals surface area contributed by atoms with Gasteiger partial charge in [-0.2, -0.15) is 0 Å². The first-order valence-electron chi connectivity index (χ1n) is 16.2. The van der Waals surface area contributed by atoms with Gasteiger partial charge in [0.1, 0.15) is 72.1 Å². The molecular weight excluding hydrogens is 685 g/mol. The van der Waals surface area contributed by atoms with E-state index in [1.54, 1.807) is 73.6 Å². The molecule has 10 rings (SSSR count). The molecule has 9 heterocycles. The zero-order valence-corrected chi connectivity index (χ0v) is 27.4. The highest BCUT2D eigenvalue weighted by atomic mass is 15.0. The van der Waals surface area contributed by atoms with Gasteiger partial charge in [0, 0.05) is 37.2 Å². The highest BCUT2D eigenvalue weighted by molar-refractivity contribution is 6.29. The molecule has 9 aromatic heterocycles. The summed E-state index contributed by atoms with van der Waals surface area (Å²) in [5.74, 6) is 0.899. The summed E-state index contributed by atoms with van der Waals surface area (Å²) in [5, 5.41) is 1.57. The van der Waals surface area contributed by atoms with Gasteiger partial charge in [-0.05, 0) is 36.4 Å². The minimum absolute atomic E-state index is 0.300. The van der Waals surface area contributed by atoms with Gasteiger partial charge in [-0.25, -0.2) is 89.7 Å². The molecule has 0 saturated carbocycles. The molecule has 0 amide bonds. The van der Waals surface area contributed by atoms with Crippen molar-refractivity contribution in [3.8, 4) is 68.7 Å². The van der Waals surface area contributed by atoms with E-state index < -0.39 is 0 Å². The number of fused-ring (bicyclic) bond motifs is 6. The van der Waals surface area contributed by atoms with Gasteiger partial charge in [-0.15, -0.1) is 0 Å². The fraction of sp³-hybridized carbons (Fsp3) is 0. The third-order valence-electron chi connectivity index (χ3n) is 8.34. The summed E-state index contributed by atoms with van der Waals surface area (Å²) in [6.45, 7) is 0. The zero-order chi connectivity index (χ0) is 35.8. The fourth-order valence-electron chi connectivity index (χ4n) is 6.06. The maximum atomic E-state index is 5.20. The predicted octanol–water partition coefficient (Wildman–Crippen LogP) is 4.26. The Bertz CT molecular complexity index is 2610. The lowest BCUT2D eigenvalue weighted by Gasteiger charge is -2.18. The smallest absolute Gasteiger partial charge is 0.179 e. The number of benzene rings is 1. The minimum Gasteiger partial charge on any atom is -0.245 e. The molecule has 54 heavy (non-hydrogen) atoms. The summed E-state index contributed by atoms with van der Waals surface area (Å²) < 4.78 is 0. The maximum Gasteiger partial charge on any atom is 0.179 e. The second-order valence-electron chi connectivity index (χ2n) is 11.4. The van der Waals surface area contributed by atoms with Crippen molar-refractivity contribution < 1.29 is 0 Å². The molecule has 0 bridgehead atoms. The van der Waals surface area contributed by atoms with E-state index in [1.165, 1.54) is 38.0 Å². The van der Waals surface area contributed by atoms with Crippen LogP contribution >= 0.6 is 0 Å². The summed E-state index contributed by atoms with van der Waals surface area (Å²) in [6, 6.07) is 10.5. The summed E-state index contributed by atoms with van der Waals surface area (Å²) in [4.78, 5) is 83.0. The molecule has 0 fully saturated rings. The van der Waals surface area contributed by atoms with Gasteiger partial charge in [0.25, 0.3) is 0 Å². The Labute approximate surface area is 302 Å². The molecule has 0 spiro atoms. The van der Waals surface area contributed by atoms with Gasteiger partial charge in [0.05, 0.1) is 49.8 Å². The largest absolute Gasteiger partial charge is 0.245 e. The third kappa shape index (κ3) is 5.21. The van der Waals surface area contributed by atoms with Crippen molar-refractivity contribution in [1.29, 1.82) is 0 Å². The van der Waals surface area contributed by atoms with E-state index in [9.17, 15) is 0 Å². The van der Waals surface area contributed by atoms with Crippen LogP contribution in [0, 0.1) is 0 Å². The van der Waals surface area contributed by atoms with Crippen LogP contribution in [0.4, 0.5) is 0 Å². The average molecular weight is 703 g/mol. The third-order valence-corrected chi connectivity index (χ3v) is 8.34. The zero-order valence-electron chi connectivity index (χ0n) is 27.4. The first-order valence-corrected chi connectivity index (χ1v) is 16.2. The molecule has 0 aliphatic heterocycles. The first kappa shape index (κ1) is 30.5. The first-order chi connectivity index (χ1) is 26.8. The van der Waals surface area contributed by atoms with E-state index in [4.69, 9.17) is 29.9 Å². The Hall–Kier alpha value is -8.28. The Morgan fingerprint density at radius 3 is 0.722 bits per heavy atom. The van der Waals surface area contributed by atoms with Gasteiger partial charge in [0.15, 0.2) is 17.5 Å². The molecule has 0 unspecified atom stereocenters. The molecule has 0 radical (unpaired) electrons. The number of hydrogen-bond donors (Lipinski definition) is 0. The SMILES string of the molecule is c1cc(-c2nc(-c3ccncn3)c3c(n2)c2c(-c4ccncn4)nc(-c4ccncn4)nc2c2c(-c4ccncn4)nc(-c4ccncn4)nc32)ncn1. The van der Waals surface area contributed by atoms with Gasteiger partial charge in [0.2, 0.25) is 0 Å². The standard InChI is InChI=1S/C36H18N18/c1-7-37-13-43-19(1)28-25-31(52-34(49-28)22-4-10-40-16-46-22)26-29(20-2-8-38-14-44-20)51-36(24-6-12-42-18-48-24)54-33(26)27-30(21-3-9-39-15-45-21)50-35(53-32(25)27)23-5-11-41-17-47-23/h1-18H. The molecule has 252 valence electrons. The van der Waals surface area contributed by atoms with Gasteiger partial charge >= 0.3 is 0 Å². The van der Waals surface area contributed by atoms with Crippen LogP contribution in [0.15, 0.2) is 112 Å². The van der Waals surface area contributed by atoms with E-state index >= 15 is 0 Å². The summed E-state index contributed by atoms with van der Waals surface area (Å²) in [5.41, 5.74) is 5.59. The van der Waals surface area contributed by atoms with Crippen LogP contribution in [0.5, 0.6) is 0 Å². The van der Waals surface area contributed by atoms with E-state index in [0.29, 0.717) is 101 Å². The van der Waals surface area contributed by atoms with E-state index in [0.717, 1.165) is 0 Å². The summed E-state index contributed by atoms with van der Waals surface area (Å²) in [6.07, 6.45) is 18.4. The van der Waals surface area contributed by atoms with E-state index in [2.05, 4.69) is 59.8 Å². The highest BCUT2D eigenvalue weighted by Gasteiger charge is 2.28. The number of aromatic nitrogens is 18. The molecule has 0 aliphatic rings. The lowest BCUT2D eigenvalue weighted by atomic mass is 9.97. The summed E-state index contributed by atoms with van der Waals surface area (Å²) >= 11 is 0. The number of rotatable bonds is 6. The second-order valence-corrected chi connectivity index (χ2v) is 11.4. The second kappa shape index (κ2) is 12.8. The van der Waals surface area contributed by atoms with Crippen LogP contribution in [0.1, 0.15) is 0 Å². The average Bonchev–Trinajstić information content (AvgIpc) is 3.27. The van der Waals surface area contributed by atoms with Crippen molar-refractivity contribution >= 4 is 32.7 Å². The monoisotopic (exact) mass is 702 g/mol. The van der Waals surface area contributed by atoms with E-state index in [-0.39, 0.29) is 0 Å². The molecule has 1 aromatic carbocycles. The molecule has 0 atom stereocenters. The van der Waals surface area contributed by atoms with Crippen molar-refractivity contribution in [2.75, 3.05) is 0 Å². The van der Waals surface area contributed by atoms with Crippen molar-refractivity contribution in [3.63, 3.8) is 0 Å². The summed E-state index contributed by atoms with van der Waals surface area (Å²) in [7, 11) is 0. The van der Waals surface area contributed by atoms with Crippen LogP contribution in [-0.2, 0) is 0 Å². The van der Waals surface area contributed by atoms with Crippen LogP contribution in [0.2, 0.25) is 0 Å². The minimum atomic E-state index is 0.300. The van der Waals surface area contributed by atoms with Gasteiger partial charge in [-0.3, -0.25) is 0 Å². The van der Waals surface area contributed by atoms with Crippen molar-refractivity contribution in [3.05, 3.63) is 112 Å². The molecular formula is C36H18N18. The van der Waals surface area contributed by atoms with Crippen molar-refractivity contribution in [2.45, 2.75) is 0 Å². The fourth-order valence-corrected chi connectivity index (χ4v) is 6.06. The Morgan fingerprint density at radius 2 is 0.500 bits per heavy atom. The molecule has 0 N–H and O–H groups in total. The van der Waals surface area contributed by atoms with Crippen LogP contribution in [-0.4, -0.2) is 89.7 Å². The molecule has 0 aliphatic carbocycles. The van der Waals surface area contributed by atoms with Gasteiger partial charge in [-0.1, -0.05) is 0 Å². The number of hydrogen-bond acceptors (Lipinski definition) is 18. The maximum absolute atomic E-state index is 5.20.